The minimum absolute atomic E-state index is 0.0494. The molecule has 172 valence electrons. The number of H-pyrrole nitrogens is 1. The van der Waals surface area contributed by atoms with Crippen molar-refractivity contribution >= 4 is 35.1 Å². The van der Waals surface area contributed by atoms with Crippen molar-refractivity contribution < 1.29 is 23.5 Å². The van der Waals surface area contributed by atoms with E-state index in [4.69, 9.17) is 11.6 Å². The molecule has 33 heavy (non-hydrogen) atoms. The van der Waals surface area contributed by atoms with E-state index in [0.29, 0.717) is 11.5 Å². The number of nitrogens with zero attached hydrogens (tertiary/aromatic N) is 3. The van der Waals surface area contributed by atoms with Gasteiger partial charge in [-0.1, -0.05) is 17.7 Å². The molecule has 0 aliphatic carbocycles. The van der Waals surface area contributed by atoms with Gasteiger partial charge in [0.05, 0.1) is 22.2 Å². The summed E-state index contributed by atoms with van der Waals surface area (Å²) in [5, 5.41) is 19.0. The fourth-order valence-electron chi connectivity index (χ4n) is 3.91. The number of rotatable bonds is 6. The van der Waals surface area contributed by atoms with Crippen molar-refractivity contribution in [2.24, 2.45) is 5.41 Å². The van der Waals surface area contributed by atoms with Gasteiger partial charge >= 0.3 is 5.97 Å². The molecule has 0 saturated carbocycles. The van der Waals surface area contributed by atoms with Crippen LogP contribution in [0.25, 0.3) is 0 Å². The van der Waals surface area contributed by atoms with Crippen LogP contribution in [0.5, 0.6) is 0 Å². The first-order valence-corrected chi connectivity index (χ1v) is 10.6. The molecular weight excluding hydrogens is 456 g/mol. The van der Waals surface area contributed by atoms with Gasteiger partial charge in [-0.2, -0.15) is 5.10 Å². The van der Waals surface area contributed by atoms with E-state index < -0.39 is 28.9 Å². The minimum Gasteiger partial charge on any atom is -0.481 e. The molecule has 3 heterocycles. The number of hydrogen-bond acceptors (Lipinski definition) is 5. The number of carbonyl (C=O) groups excluding carboxylic acids is 1. The number of anilines is 2. The summed E-state index contributed by atoms with van der Waals surface area (Å²) in [4.78, 5) is 30.6. The summed E-state index contributed by atoms with van der Waals surface area (Å²) in [6.45, 7) is 0.245. The number of carboxylic acid groups (broad SMARTS) is 1. The second kappa shape index (κ2) is 9.14. The van der Waals surface area contributed by atoms with Gasteiger partial charge in [0.25, 0.3) is 5.91 Å². The molecule has 0 radical (unpaired) electrons. The number of piperidine rings is 1. The molecule has 1 fully saturated rings. The van der Waals surface area contributed by atoms with Crippen molar-refractivity contribution in [3.05, 3.63) is 70.5 Å². The monoisotopic (exact) mass is 475 g/mol. The lowest BCUT2D eigenvalue weighted by Gasteiger charge is -2.39. The number of hydrogen-bond donors (Lipinski definition) is 3. The van der Waals surface area contributed by atoms with Crippen molar-refractivity contribution in [2.45, 2.75) is 19.3 Å². The first-order valence-electron chi connectivity index (χ1n) is 10.2. The van der Waals surface area contributed by atoms with Crippen LogP contribution in [0.2, 0.25) is 5.02 Å². The number of amides is 1. The summed E-state index contributed by atoms with van der Waals surface area (Å²) in [7, 11) is 0. The maximum Gasteiger partial charge on any atom is 0.310 e. The van der Waals surface area contributed by atoms with Crippen LogP contribution >= 0.6 is 11.6 Å². The number of likely N-dealkylation sites (tertiary alicyclic amines) is 1. The zero-order chi connectivity index (χ0) is 23.6. The second-order valence-corrected chi connectivity index (χ2v) is 8.29. The van der Waals surface area contributed by atoms with Crippen LogP contribution in [0.3, 0.4) is 0 Å². The summed E-state index contributed by atoms with van der Waals surface area (Å²) in [6, 6.07) is 8.44. The van der Waals surface area contributed by atoms with E-state index in [9.17, 15) is 23.5 Å². The Hall–Kier alpha value is -3.53. The van der Waals surface area contributed by atoms with Gasteiger partial charge in [0, 0.05) is 31.3 Å². The number of nitrogens with one attached hydrogen (secondary N) is 2. The van der Waals surface area contributed by atoms with Gasteiger partial charge in [-0.25, -0.2) is 13.8 Å². The molecule has 8 nitrogen and oxygen atoms in total. The summed E-state index contributed by atoms with van der Waals surface area (Å²) in [5.74, 6) is -2.58. The molecule has 1 aromatic carbocycles. The number of carboxylic acids is 1. The molecule has 0 spiro atoms. The highest BCUT2D eigenvalue weighted by Gasteiger charge is 2.43. The maximum atomic E-state index is 14.3. The van der Waals surface area contributed by atoms with E-state index in [1.165, 1.54) is 41.4 Å². The molecule has 1 saturated heterocycles. The number of carbonyl (C=O) groups is 2. The molecular formula is C22H20ClF2N5O3. The minimum atomic E-state index is -1.19. The fourth-order valence-corrected chi connectivity index (χ4v) is 4.09. The molecule has 0 atom stereocenters. The van der Waals surface area contributed by atoms with Gasteiger partial charge in [-0.05, 0) is 37.1 Å². The van der Waals surface area contributed by atoms with E-state index in [-0.39, 0.29) is 48.8 Å². The molecule has 1 amide bonds. The first kappa shape index (κ1) is 22.7. The van der Waals surface area contributed by atoms with E-state index >= 15 is 0 Å². The Kier molecular flexibility index (Phi) is 6.28. The van der Waals surface area contributed by atoms with E-state index in [0.717, 1.165) is 0 Å². The van der Waals surface area contributed by atoms with Gasteiger partial charge in [0.1, 0.15) is 5.82 Å². The fraction of sp³-hybridized carbons (Fsp3) is 0.273. The third-order valence-electron chi connectivity index (χ3n) is 5.82. The number of benzene rings is 1. The van der Waals surface area contributed by atoms with Crippen molar-refractivity contribution in [3.63, 3.8) is 0 Å². The molecule has 3 aromatic rings. The van der Waals surface area contributed by atoms with Gasteiger partial charge in [0.15, 0.2) is 17.5 Å². The van der Waals surface area contributed by atoms with E-state index in [2.05, 4.69) is 20.5 Å². The van der Waals surface area contributed by atoms with Gasteiger partial charge in [0.2, 0.25) is 0 Å². The number of aromatic amines is 1. The van der Waals surface area contributed by atoms with Crippen molar-refractivity contribution in [3.8, 4) is 0 Å². The molecule has 3 N–H and O–H groups in total. The number of aromatic nitrogens is 3. The Morgan fingerprint density at radius 3 is 2.61 bits per heavy atom. The Morgan fingerprint density at radius 2 is 1.94 bits per heavy atom. The highest BCUT2D eigenvalue weighted by Crippen LogP contribution is 2.36. The smallest absolute Gasteiger partial charge is 0.310 e. The topological polar surface area (TPSA) is 111 Å². The highest BCUT2D eigenvalue weighted by molar-refractivity contribution is 6.31. The highest BCUT2D eigenvalue weighted by atomic mass is 35.5. The van der Waals surface area contributed by atoms with Gasteiger partial charge in [-0.15, -0.1) is 0 Å². The van der Waals surface area contributed by atoms with Crippen LogP contribution in [-0.2, 0) is 11.2 Å². The Morgan fingerprint density at radius 1 is 1.18 bits per heavy atom. The Bertz CT molecular complexity index is 1180. The molecule has 0 unspecified atom stereocenters. The normalized spacial score (nSPS) is 15.3. The van der Waals surface area contributed by atoms with Gasteiger partial charge < -0.3 is 15.3 Å². The van der Waals surface area contributed by atoms with Crippen LogP contribution < -0.4 is 5.32 Å². The summed E-state index contributed by atoms with van der Waals surface area (Å²) < 4.78 is 28.5. The summed E-state index contributed by atoms with van der Waals surface area (Å²) in [6.07, 6.45) is 1.82. The predicted molar refractivity (Wildman–Crippen MR) is 116 cm³/mol. The number of aliphatic carboxylic acids is 1. The average molecular weight is 476 g/mol. The van der Waals surface area contributed by atoms with Crippen LogP contribution in [0, 0.1) is 17.0 Å². The zero-order valence-corrected chi connectivity index (χ0v) is 18.1. The number of halogens is 3. The zero-order valence-electron chi connectivity index (χ0n) is 17.3. The number of pyridine rings is 1. The predicted octanol–water partition coefficient (Wildman–Crippen LogP) is 4.03. The van der Waals surface area contributed by atoms with Crippen molar-refractivity contribution in [1.29, 1.82) is 0 Å². The summed E-state index contributed by atoms with van der Waals surface area (Å²) in [5.41, 5.74) is -0.957. The maximum absolute atomic E-state index is 14.3. The van der Waals surface area contributed by atoms with Crippen LogP contribution in [0.1, 0.15) is 28.9 Å². The van der Waals surface area contributed by atoms with E-state index in [1.807, 2.05) is 0 Å². The molecule has 1 aliphatic rings. The van der Waals surface area contributed by atoms with Crippen LogP contribution in [-0.4, -0.2) is 50.2 Å². The van der Waals surface area contributed by atoms with Crippen LogP contribution in [0.15, 0.2) is 42.6 Å². The lowest BCUT2D eigenvalue weighted by atomic mass is 9.74. The SMILES string of the molecule is O=C(c1cccc(Cl)c1F)N1CCC(Cc2ccc(F)c(Nc3ccn[nH]3)n2)(C(=O)O)CC1. The van der Waals surface area contributed by atoms with Crippen molar-refractivity contribution in [2.75, 3.05) is 18.4 Å². The lowest BCUT2D eigenvalue weighted by Crippen LogP contribution is -2.47. The molecule has 2 aromatic heterocycles. The molecule has 4 rings (SSSR count). The molecule has 1 aliphatic heterocycles. The standard InChI is InChI=1S/C22H20ClF2N5O3/c23-15-3-1-2-14(18(15)25)20(31)30-10-7-22(8-11-30,21(32)33)12-13-4-5-16(24)19(27-13)28-17-6-9-26-29-17/h1-6,9H,7-8,10-12H2,(H,32,33)(H2,26,27,28,29). The average Bonchev–Trinajstić information content (AvgIpc) is 3.31. The third kappa shape index (κ3) is 4.65. The quantitative estimate of drug-likeness (QED) is 0.496. The largest absolute Gasteiger partial charge is 0.481 e. The molecule has 11 heteroatoms. The first-order chi connectivity index (χ1) is 15.8. The second-order valence-electron chi connectivity index (χ2n) is 7.88. The molecule has 0 bridgehead atoms. The lowest BCUT2D eigenvalue weighted by molar-refractivity contribution is -0.151. The van der Waals surface area contributed by atoms with E-state index in [1.54, 1.807) is 6.07 Å². The summed E-state index contributed by atoms with van der Waals surface area (Å²) >= 11 is 5.77. The van der Waals surface area contributed by atoms with Crippen LogP contribution in [0.4, 0.5) is 20.4 Å². The van der Waals surface area contributed by atoms with Crippen molar-refractivity contribution in [1.82, 2.24) is 20.1 Å². The Balaban J connectivity index is 1.50. The third-order valence-corrected chi connectivity index (χ3v) is 6.11. The Labute approximate surface area is 192 Å². The van der Waals surface area contributed by atoms with Gasteiger partial charge in [-0.3, -0.25) is 14.7 Å².